The van der Waals surface area contributed by atoms with Crippen LogP contribution in [0, 0.1) is 5.82 Å². The summed E-state index contributed by atoms with van der Waals surface area (Å²) in [5, 5.41) is 18.7. The number of benzene rings is 2. The van der Waals surface area contributed by atoms with Crippen LogP contribution in [0.3, 0.4) is 0 Å². The number of aromatic hydroxyl groups is 2. The third-order valence-electron chi connectivity index (χ3n) is 2.78. The quantitative estimate of drug-likeness (QED) is 0.734. The highest BCUT2D eigenvalue weighted by Gasteiger charge is 2.22. The van der Waals surface area contributed by atoms with E-state index in [1.807, 2.05) is 0 Å². The Hall–Kier alpha value is -2.23. The predicted molar refractivity (Wildman–Crippen MR) is 59.5 cm³/mol. The molecule has 1 aliphatic heterocycles. The highest BCUT2D eigenvalue weighted by Crippen LogP contribution is 2.42. The zero-order valence-corrected chi connectivity index (χ0v) is 8.77. The maximum Gasteiger partial charge on any atom is 0.138 e. The first-order valence-electron chi connectivity index (χ1n) is 5.13. The topological polar surface area (TPSA) is 49.7 Å². The summed E-state index contributed by atoms with van der Waals surface area (Å²) in [4.78, 5) is 0. The molecule has 0 saturated carbocycles. The van der Waals surface area contributed by atoms with Gasteiger partial charge in [-0.05, 0) is 17.7 Å². The SMILES string of the molecule is Oc1ccc2c(c1)COc1cc(O)cc(F)c1-2. The molecule has 86 valence electrons. The van der Waals surface area contributed by atoms with E-state index in [0.29, 0.717) is 16.9 Å². The first kappa shape index (κ1) is 9.96. The fourth-order valence-corrected chi connectivity index (χ4v) is 2.04. The molecule has 3 rings (SSSR count). The lowest BCUT2D eigenvalue weighted by Crippen LogP contribution is -2.06. The van der Waals surface area contributed by atoms with Crippen LogP contribution in [-0.2, 0) is 6.61 Å². The second-order valence-electron chi connectivity index (χ2n) is 3.93. The van der Waals surface area contributed by atoms with Crippen molar-refractivity contribution in [1.29, 1.82) is 0 Å². The molecule has 17 heavy (non-hydrogen) atoms. The van der Waals surface area contributed by atoms with Gasteiger partial charge in [-0.15, -0.1) is 0 Å². The van der Waals surface area contributed by atoms with E-state index in [2.05, 4.69) is 0 Å². The Labute approximate surface area is 96.7 Å². The fourth-order valence-electron chi connectivity index (χ4n) is 2.04. The minimum absolute atomic E-state index is 0.120. The molecule has 0 saturated heterocycles. The first-order chi connectivity index (χ1) is 8.15. The molecule has 2 aromatic carbocycles. The molecule has 0 bridgehead atoms. The largest absolute Gasteiger partial charge is 0.508 e. The van der Waals surface area contributed by atoms with Gasteiger partial charge in [-0.1, -0.05) is 6.07 Å². The first-order valence-corrected chi connectivity index (χ1v) is 5.13. The van der Waals surface area contributed by atoms with Crippen molar-refractivity contribution in [3.8, 4) is 28.4 Å². The van der Waals surface area contributed by atoms with Gasteiger partial charge in [0.1, 0.15) is 29.7 Å². The molecule has 2 aromatic rings. The van der Waals surface area contributed by atoms with Crippen molar-refractivity contribution in [3.05, 3.63) is 41.7 Å². The maximum absolute atomic E-state index is 13.8. The van der Waals surface area contributed by atoms with E-state index in [1.54, 1.807) is 12.1 Å². The average Bonchev–Trinajstić information content (AvgIpc) is 2.28. The Balaban J connectivity index is 2.29. The Morgan fingerprint density at radius 1 is 1.06 bits per heavy atom. The van der Waals surface area contributed by atoms with Crippen LogP contribution >= 0.6 is 0 Å². The summed E-state index contributed by atoms with van der Waals surface area (Å²) in [7, 11) is 0. The van der Waals surface area contributed by atoms with Gasteiger partial charge in [-0.3, -0.25) is 0 Å². The molecule has 1 aliphatic rings. The molecule has 1 heterocycles. The molecule has 0 fully saturated rings. The lowest BCUT2D eigenvalue weighted by atomic mass is 9.96. The fraction of sp³-hybridized carbons (Fsp3) is 0.0769. The van der Waals surface area contributed by atoms with Crippen LogP contribution in [0.4, 0.5) is 4.39 Å². The van der Waals surface area contributed by atoms with E-state index < -0.39 is 5.82 Å². The van der Waals surface area contributed by atoms with Gasteiger partial charge in [0.2, 0.25) is 0 Å². The van der Waals surface area contributed by atoms with Gasteiger partial charge in [-0.2, -0.15) is 0 Å². The van der Waals surface area contributed by atoms with Gasteiger partial charge >= 0.3 is 0 Å². The van der Waals surface area contributed by atoms with Gasteiger partial charge in [0, 0.05) is 17.7 Å². The molecular weight excluding hydrogens is 223 g/mol. The number of hydrogen-bond donors (Lipinski definition) is 2. The summed E-state index contributed by atoms with van der Waals surface area (Å²) >= 11 is 0. The highest BCUT2D eigenvalue weighted by atomic mass is 19.1. The van der Waals surface area contributed by atoms with Crippen LogP contribution < -0.4 is 4.74 Å². The number of phenolic OH excluding ortho intramolecular Hbond substituents is 2. The standard InChI is InChI=1S/C13H9FO3/c14-11-4-9(16)5-12-13(11)10-2-1-8(15)3-7(10)6-17-12/h1-5,15-16H,6H2. The normalized spacial score (nSPS) is 12.5. The van der Waals surface area contributed by atoms with Crippen LogP contribution in [0.25, 0.3) is 11.1 Å². The van der Waals surface area contributed by atoms with Gasteiger partial charge in [0.25, 0.3) is 0 Å². The molecule has 0 aliphatic carbocycles. The van der Waals surface area contributed by atoms with E-state index in [-0.39, 0.29) is 18.1 Å². The molecule has 0 spiro atoms. The molecule has 4 heteroatoms. The zero-order valence-electron chi connectivity index (χ0n) is 8.77. The van der Waals surface area contributed by atoms with Crippen molar-refractivity contribution in [3.63, 3.8) is 0 Å². The van der Waals surface area contributed by atoms with Crippen molar-refractivity contribution in [1.82, 2.24) is 0 Å². The van der Waals surface area contributed by atoms with Crippen LogP contribution in [0.5, 0.6) is 17.2 Å². The van der Waals surface area contributed by atoms with Crippen LogP contribution in [0.15, 0.2) is 30.3 Å². The summed E-state index contributed by atoms with van der Waals surface area (Å²) in [5.41, 5.74) is 1.73. The molecule has 0 unspecified atom stereocenters. The summed E-state index contributed by atoms with van der Waals surface area (Å²) in [6.45, 7) is 0.250. The number of rotatable bonds is 0. The monoisotopic (exact) mass is 232 g/mol. The third-order valence-corrected chi connectivity index (χ3v) is 2.78. The van der Waals surface area contributed by atoms with Crippen molar-refractivity contribution < 1.29 is 19.3 Å². The summed E-state index contributed by atoms with van der Waals surface area (Å²) in [6, 6.07) is 7.12. The average molecular weight is 232 g/mol. The molecule has 2 N–H and O–H groups in total. The lowest BCUT2D eigenvalue weighted by molar-refractivity contribution is 0.297. The number of hydrogen-bond acceptors (Lipinski definition) is 3. The van der Waals surface area contributed by atoms with Gasteiger partial charge < -0.3 is 14.9 Å². The van der Waals surface area contributed by atoms with E-state index in [0.717, 1.165) is 11.6 Å². The molecule has 0 aromatic heterocycles. The van der Waals surface area contributed by atoms with E-state index >= 15 is 0 Å². The number of phenols is 2. The van der Waals surface area contributed by atoms with E-state index in [1.165, 1.54) is 12.1 Å². The van der Waals surface area contributed by atoms with Crippen molar-refractivity contribution in [2.75, 3.05) is 0 Å². The summed E-state index contributed by atoms with van der Waals surface area (Å²) < 4.78 is 19.2. The molecule has 0 amide bonds. The van der Waals surface area contributed by atoms with Crippen molar-refractivity contribution in [2.24, 2.45) is 0 Å². The second-order valence-corrected chi connectivity index (χ2v) is 3.93. The minimum atomic E-state index is -0.536. The van der Waals surface area contributed by atoms with Crippen LogP contribution in [0.1, 0.15) is 5.56 Å². The Morgan fingerprint density at radius 3 is 2.71 bits per heavy atom. The van der Waals surface area contributed by atoms with Crippen LogP contribution in [-0.4, -0.2) is 10.2 Å². The Kier molecular flexibility index (Phi) is 1.98. The zero-order chi connectivity index (χ0) is 12.0. The predicted octanol–water partition coefficient (Wildman–Crippen LogP) is 2.80. The van der Waals surface area contributed by atoms with Crippen molar-refractivity contribution in [2.45, 2.75) is 6.61 Å². The smallest absolute Gasteiger partial charge is 0.138 e. The van der Waals surface area contributed by atoms with Crippen LogP contribution in [0.2, 0.25) is 0 Å². The Bertz CT molecular complexity index is 608. The van der Waals surface area contributed by atoms with Crippen molar-refractivity contribution >= 4 is 0 Å². The van der Waals surface area contributed by atoms with Gasteiger partial charge in [0.05, 0.1) is 5.56 Å². The minimum Gasteiger partial charge on any atom is -0.508 e. The molecular formula is C13H9FO3. The second kappa shape index (κ2) is 3.38. The summed E-state index contributed by atoms with van der Waals surface area (Å²) in [5.74, 6) is -0.259. The maximum atomic E-state index is 13.8. The Morgan fingerprint density at radius 2 is 1.88 bits per heavy atom. The van der Waals surface area contributed by atoms with Gasteiger partial charge in [-0.25, -0.2) is 4.39 Å². The highest BCUT2D eigenvalue weighted by molar-refractivity contribution is 5.77. The van der Waals surface area contributed by atoms with E-state index in [9.17, 15) is 14.6 Å². The third kappa shape index (κ3) is 1.49. The number of fused-ring (bicyclic) bond motifs is 3. The summed E-state index contributed by atoms with van der Waals surface area (Å²) in [6.07, 6.45) is 0. The molecule has 3 nitrogen and oxygen atoms in total. The molecule has 0 radical (unpaired) electrons. The van der Waals surface area contributed by atoms with E-state index in [4.69, 9.17) is 4.74 Å². The lowest BCUT2D eigenvalue weighted by Gasteiger charge is -2.21. The molecule has 0 atom stereocenters. The van der Waals surface area contributed by atoms with Gasteiger partial charge in [0.15, 0.2) is 0 Å². The number of ether oxygens (including phenoxy) is 1. The number of halogens is 1.